The number of halogens is 1. The van der Waals surface area contributed by atoms with Gasteiger partial charge in [0.25, 0.3) is 0 Å². The van der Waals surface area contributed by atoms with Crippen molar-refractivity contribution < 1.29 is 18.4 Å². The fourth-order valence-corrected chi connectivity index (χ4v) is 7.14. The van der Waals surface area contributed by atoms with Crippen molar-refractivity contribution in [3.8, 4) is 0 Å². The van der Waals surface area contributed by atoms with E-state index in [-0.39, 0.29) is 0 Å². The average molecular weight is 275 g/mol. The summed E-state index contributed by atoms with van der Waals surface area (Å²) in [6, 6.07) is 8.97. The molecule has 0 aromatic heterocycles. The maximum absolute atomic E-state index is 2.54. The molecule has 0 amide bonds. The van der Waals surface area contributed by atoms with E-state index in [4.69, 9.17) is 0 Å². The molecule has 0 atom stereocenters. The molecule has 1 heterocycles. The molecule has 1 aromatic carbocycles. The summed E-state index contributed by atoms with van der Waals surface area (Å²) in [4.78, 5) is 5.09. The number of rotatable bonds is 0. The number of fused-ring (bicyclic) bond motifs is 1. The van der Waals surface area contributed by atoms with E-state index in [0.29, 0.717) is 0 Å². The molecule has 1 aliphatic heterocycles. The van der Waals surface area contributed by atoms with Crippen molar-refractivity contribution in [3.05, 3.63) is 35.4 Å². The first-order valence-electron chi connectivity index (χ1n) is 4.32. The predicted molar refractivity (Wildman–Crippen MR) is 50.6 cm³/mol. The normalized spacial score (nSPS) is 22.8. The summed E-state index contributed by atoms with van der Waals surface area (Å²) < 4.78 is 2.95. The number of alkyl halides is 4. The first-order valence-corrected chi connectivity index (χ1v) is 11.7. The van der Waals surface area contributed by atoms with Gasteiger partial charge in [-0.05, 0) is 0 Å². The summed E-state index contributed by atoms with van der Waals surface area (Å²) >= 11 is -1.25. The van der Waals surface area contributed by atoms with Crippen LogP contribution in [-0.4, -0.2) is 14.3 Å². The third-order valence-corrected chi connectivity index (χ3v) is 8.85. The van der Waals surface area contributed by atoms with E-state index in [1.54, 1.807) is 11.1 Å². The second-order valence-corrected chi connectivity index (χ2v) is 15.2. The molecule has 0 fully saturated rings. The number of benzene rings is 1. The summed E-state index contributed by atoms with van der Waals surface area (Å²) in [7, 11) is 0. The molecule has 0 nitrogen and oxygen atoms in total. The molecule has 0 unspecified atom stereocenters. The van der Waals surface area contributed by atoms with Crippen molar-refractivity contribution in [2.45, 2.75) is 10.8 Å². The van der Waals surface area contributed by atoms with Gasteiger partial charge in [-0.1, -0.05) is 0 Å². The first kappa shape index (κ1) is 8.54. The fourth-order valence-electron chi connectivity index (χ4n) is 1.75. The number of hydrogen-bond donors (Lipinski definition) is 0. The summed E-state index contributed by atoms with van der Waals surface area (Å²) in [6.45, 7) is 0. The van der Waals surface area contributed by atoms with Gasteiger partial charge in [-0.25, -0.2) is 0 Å². The minimum absolute atomic E-state index is 1.25. The Morgan fingerprint density at radius 2 is 1.75 bits per heavy atom. The van der Waals surface area contributed by atoms with Gasteiger partial charge < -0.3 is 0 Å². The summed E-state index contributed by atoms with van der Waals surface area (Å²) in [5, 5.41) is 0. The monoisotopic (exact) mass is 275 g/mol. The van der Waals surface area contributed by atoms with Crippen molar-refractivity contribution in [1.82, 2.24) is 0 Å². The Bertz CT molecular complexity index is 289. The van der Waals surface area contributed by atoms with E-state index in [1.165, 1.54) is 15.3 Å². The molecule has 0 aliphatic carbocycles. The third kappa shape index (κ3) is 1.65. The van der Waals surface area contributed by atoms with Crippen LogP contribution in [0.4, 0.5) is 0 Å². The van der Waals surface area contributed by atoms with Gasteiger partial charge in [0.05, 0.1) is 0 Å². The van der Waals surface area contributed by atoms with Gasteiger partial charge in [-0.15, -0.1) is 0 Å². The molecule has 12 heavy (non-hydrogen) atoms. The van der Waals surface area contributed by atoms with Crippen LogP contribution < -0.4 is 18.4 Å². The van der Waals surface area contributed by atoms with Crippen LogP contribution in [0.25, 0.3) is 0 Å². The van der Waals surface area contributed by atoms with Crippen LogP contribution in [0.3, 0.4) is 0 Å². The summed E-state index contributed by atoms with van der Waals surface area (Å²) in [6.07, 6.45) is 1.35. The molecule has 0 spiro atoms. The molecule has 1 aliphatic rings. The third-order valence-electron chi connectivity index (χ3n) is 2.50. The summed E-state index contributed by atoms with van der Waals surface area (Å²) in [5.41, 5.74) is 3.26. The van der Waals surface area contributed by atoms with E-state index in [9.17, 15) is 0 Å². The zero-order chi connectivity index (χ0) is 8.60. The molecule has 1 heteroatoms. The molecule has 0 radical (unpaired) electrons. The van der Waals surface area contributed by atoms with Gasteiger partial charge in [0, 0.05) is 0 Å². The molecule has 1 aromatic rings. The zero-order valence-corrected chi connectivity index (χ0v) is 9.97. The molecular weight excluding hydrogens is 259 g/mol. The Morgan fingerprint density at radius 1 is 1.08 bits per heavy atom. The van der Waals surface area contributed by atoms with Gasteiger partial charge in [-0.2, -0.15) is 0 Å². The topological polar surface area (TPSA) is 0 Å². The van der Waals surface area contributed by atoms with Crippen LogP contribution in [0.5, 0.6) is 0 Å². The Balaban J connectivity index is 2.35. The second kappa shape index (κ2) is 3.02. The Labute approximate surface area is 78.9 Å². The van der Waals surface area contributed by atoms with Gasteiger partial charge in [-0.3, -0.25) is 0 Å². The standard InChI is InChI=1S/C11H16I/c1-12(2)8-7-10-5-3-4-6-11(10)9-12/h3-6H,7-9H2,1-2H3/q-1. The molecule has 2 rings (SSSR count). The van der Waals surface area contributed by atoms with E-state index in [0.717, 1.165) is 0 Å². The van der Waals surface area contributed by atoms with E-state index in [2.05, 4.69) is 34.1 Å². The molecule has 0 saturated carbocycles. The maximum atomic E-state index is 2.54. The van der Waals surface area contributed by atoms with Crippen LogP contribution >= 0.6 is 0 Å². The Kier molecular flexibility index (Phi) is 2.15. The average Bonchev–Trinajstić information content (AvgIpc) is 2.02. The Hall–Kier alpha value is -0.0500. The van der Waals surface area contributed by atoms with Gasteiger partial charge >= 0.3 is 79.0 Å². The number of hydrogen-bond acceptors (Lipinski definition) is 0. The van der Waals surface area contributed by atoms with Crippen molar-refractivity contribution in [2.75, 3.05) is 14.3 Å². The van der Waals surface area contributed by atoms with E-state index >= 15 is 0 Å². The predicted octanol–water partition coefficient (Wildman–Crippen LogP) is -0.837. The molecule has 0 bridgehead atoms. The van der Waals surface area contributed by atoms with Crippen LogP contribution in [-0.2, 0) is 10.8 Å². The summed E-state index contributed by atoms with van der Waals surface area (Å²) in [5.74, 6) is 0. The molecule has 68 valence electrons. The van der Waals surface area contributed by atoms with Crippen LogP contribution in [0.2, 0.25) is 0 Å². The van der Waals surface area contributed by atoms with Crippen LogP contribution in [0, 0.1) is 0 Å². The van der Waals surface area contributed by atoms with Crippen molar-refractivity contribution in [2.24, 2.45) is 0 Å². The van der Waals surface area contributed by atoms with Crippen molar-refractivity contribution in [1.29, 1.82) is 0 Å². The number of aryl methyl sites for hydroxylation is 1. The first-order chi connectivity index (χ1) is 5.67. The molecule has 0 saturated heterocycles. The van der Waals surface area contributed by atoms with Crippen LogP contribution in [0.15, 0.2) is 24.3 Å². The molecular formula is C11H16I-. The van der Waals surface area contributed by atoms with Gasteiger partial charge in [0.1, 0.15) is 0 Å². The van der Waals surface area contributed by atoms with E-state index in [1.807, 2.05) is 0 Å². The minimum atomic E-state index is -1.25. The zero-order valence-electron chi connectivity index (χ0n) is 7.81. The van der Waals surface area contributed by atoms with Gasteiger partial charge in [0.2, 0.25) is 0 Å². The van der Waals surface area contributed by atoms with Crippen molar-refractivity contribution in [3.63, 3.8) is 0 Å². The SMILES string of the molecule is C[I-]1(C)CCc2ccccc2C1. The van der Waals surface area contributed by atoms with Crippen LogP contribution in [0.1, 0.15) is 11.1 Å². The van der Waals surface area contributed by atoms with E-state index < -0.39 is 18.4 Å². The van der Waals surface area contributed by atoms with Gasteiger partial charge in [0.15, 0.2) is 0 Å². The Morgan fingerprint density at radius 3 is 2.50 bits per heavy atom. The fraction of sp³-hybridized carbons (Fsp3) is 0.455. The second-order valence-electron chi connectivity index (χ2n) is 3.98. The quantitative estimate of drug-likeness (QED) is 0.428. The van der Waals surface area contributed by atoms with Crippen molar-refractivity contribution >= 4 is 0 Å². The molecule has 0 N–H and O–H groups in total.